The second-order valence-electron chi connectivity index (χ2n) is 4.23. The molecular weight excluding hydrogens is 314 g/mol. The van der Waals surface area contributed by atoms with Crippen molar-refractivity contribution in [1.29, 1.82) is 0 Å². The number of nitrogens with one attached hydrogen (secondary N) is 1. The van der Waals surface area contributed by atoms with Crippen molar-refractivity contribution in [2.24, 2.45) is 0 Å². The van der Waals surface area contributed by atoms with E-state index < -0.39 is 11.6 Å². The van der Waals surface area contributed by atoms with E-state index in [2.05, 4.69) is 26.2 Å². The molecule has 2 aromatic rings. The van der Waals surface area contributed by atoms with E-state index in [1.807, 2.05) is 13.1 Å². The first-order chi connectivity index (χ1) is 9.10. The van der Waals surface area contributed by atoms with E-state index >= 15 is 0 Å². The summed E-state index contributed by atoms with van der Waals surface area (Å²) >= 11 is 3.37. The van der Waals surface area contributed by atoms with Crippen LogP contribution >= 0.6 is 15.9 Å². The summed E-state index contributed by atoms with van der Waals surface area (Å²) in [5.74, 6) is -1.64. The van der Waals surface area contributed by atoms with Crippen LogP contribution < -0.4 is 5.32 Å². The summed E-state index contributed by atoms with van der Waals surface area (Å²) in [6.07, 6.45) is 4.02. The molecule has 1 N–H and O–H groups in total. The summed E-state index contributed by atoms with van der Waals surface area (Å²) in [5.41, 5.74) is 1.72. The van der Waals surface area contributed by atoms with Crippen LogP contribution in [-0.2, 0) is 6.42 Å². The summed E-state index contributed by atoms with van der Waals surface area (Å²) in [4.78, 5) is 4.11. The molecule has 1 aromatic carbocycles. The minimum atomic E-state index is -0.825. The Hall–Kier alpha value is -1.33. The molecule has 1 unspecified atom stereocenters. The van der Waals surface area contributed by atoms with Crippen molar-refractivity contribution < 1.29 is 8.78 Å². The zero-order valence-corrected chi connectivity index (χ0v) is 11.9. The van der Waals surface area contributed by atoms with Gasteiger partial charge in [-0.15, -0.1) is 0 Å². The number of rotatable bonds is 4. The second-order valence-corrected chi connectivity index (χ2v) is 5.15. The van der Waals surface area contributed by atoms with Gasteiger partial charge in [0.05, 0.1) is 0 Å². The van der Waals surface area contributed by atoms with Crippen molar-refractivity contribution in [2.45, 2.75) is 12.5 Å². The van der Waals surface area contributed by atoms with Gasteiger partial charge in [-0.2, -0.15) is 0 Å². The molecule has 0 bridgehead atoms. The van der Waals surface area contributed by atoms with E-state index in [0.29, 0.717) is 6.42 Å². The molecule has 0 aliphatic carbocycles. The van der Waals surface area contributed by atoms with Gasteiger partial charge in [-0.05, 0) is 58.7 Å². The number of benzene rings is 1. The van der Waals surface area contributed by atoms with Crippen LogP contribution in [0.2, 0.25) is 0 Å². The van der Waals surface area contributed by atoms with Gasteiger partial charge in [0, 0.05) is 22.9 Å². The Kier molecular flexibility index (Phi) is 4.61. The Morgan fingerprint density at radius 1 is 1.21 bits per heavy atom. The van der Waals surface area contributed by atoms with E-state index in [1.165, 1.54) is 6.07 Å². The molecule has 0 amide bonds. The molecule has 0 spiro atoms. The number of likely N-dealkylation sites (N-methyl/N-ethyl adjacent to an activating group) is 1. The van der Waals surface area contributed by atoms with E-state index in [1.54, 1.807) is 18.5 Å². The Morgan fingerprint density at radius 3 is 2.63 bits per heavy atom. The van der Waals surface area contributed by atoms with Gasteiger partial charge in [-0.3, -0.25) is 4.98 Å². The molecule has 0 saturated heterocycles. The van der Waals surface area contributed by atoms with Crippen molar-refractivity contribution in [1.82, 2.24) is 10.3 Å². The fraction of sp³-hybridized carbons (Fsp3) is 0.214. The van der Waals surface area contributed by atoms with Crippen LogP contribution in [-0.4, -0.2) is 12.0 Å². The molecule has 5 heteroatoms. The van der Waals surface area contributed by atoms with Gasteiger partial charge in [0.15, 0.2) is 11.6 Å². The Morgan fingerprint density at radius 2 is 2.00 bits per heavy atom. The summed E-state index contributed by atoms with van der Waals surface area (Å²) in [7, 11) is 1.82. The molecule has 0 aliphatic rings. The number of halogens is 3. The first kappa shape index (κ1) is 14.1. The molecule has 0 saturated carbocycles. The second kappa shape index (κ2) is 6.21. The van der Waals surface area contributed by atoms with Crippen LogP contribution in [0.15, 0.2) is 41.1 Å². The van der Waals surface area contributed by atoms with E-state index in [0.717, 1.165) is 21.7 Å². The molecule has 100 valence electrons. The third-order valence-electron chi connectivity index (χ3n) is 2.90. The number of aromatic nitrogens is 1. The fourth-order valence-corrected chi connectivity index (χ4v) is 2.29. The Labute approximate surface area is 119 Å². The maximum atomic E-state index is 13.2. The number of nitrogens with zero attached hydrogens (tertiary/aromatic N) is 1. The van der Waals surface area contributed by atoms with Gasteiger partial charge < -0.3 is 5.32 Å². The lowest BCUT2D eigenvalue weighted by Crippen LogP contribution is -2.19. The van der Waals surface area contributed by atoms with Crippen molar-refractivity contribution >= 4 is 15.9 Å². The summed E-state index contributed by atoms with van der Waals surface area (Å²) in [6.45, 7) is 0. The standard InChI is InChI=1S/C14H13BrF2N2/c1-18-14(10-6-11(15)8-19-7-10)5-9-2-3-12(16)13(17)4-9/h2-4,6-8,14,18H,5H2,1H3. The quantitative estimate of drug-likeness (QED) is 0.928. The highest BCUT2D eigenvalue weighted by molar-refractivity contribution is 9.10. The average molecular weight is 327 g/mol. The smallest absolute Gasteiger partial charge is 0.159 e. The third-order valence-corrected chi connectivity index (χ3v) is 3.33. The van der Waals surface area contributed by atoms with Crippen molar-refractivity contribution in [3.63, 3.8) is 0 Å². The molecular formula is C14H13BrF2N2. The van der Waals surface area contributed by atoms with Gasteiger partial charge in [0.2, 0.25) is 0 Å². The van der Waals surface area contributed by atoms with Crippen LogP contribution in [0.5, 0.6) is 0 Å². The van der Waals surface area contributed by atoms with Crippen LogP contribution in [0.25, 0.3) is 0 Å². The monoisotopic (exact) mass is 326 g/mol. The molecule has 0 fully saturated rings. The predicted octanol–water partition coefficient (Wildman–Crippen LogP) is 3.63. The van der Waals surface area contributed by atoms with E-state index in [9.17, 15) is 8.78 Å². The van der Waals surface area contributed by atoms with Crippen molar-refractivity contribution in [2.75, 3.05) is 7.05 Å². The molecule has 0 radical (unpaired) electrons. The van der Waals surface area contributed by atoms with Crippen molar-refractivity contribution in [3.8, 4) is 0 Å². The maximum absolute atomic E-state index is 13.2. The number of hydrogen-bond donors (Lipinski definition) is 1. The van der Waals surface area contributed by atoms with Crippen LogP contribution in [0, 0.1) is 11.6 Å². The van der Waals surface area contributed by atoms with Crippen LogP contribution in [0.4, 0.5) is 8.78 Å². The molecule has 19 heavy (non-hydrogen) atoms. The molecule has 1 atom stereocenters. The third kappa shape index (κ3) is 3.58. The van der Waals surface area contributed by atoms with E-state index in [-0.39, 0.29) is 6.04 Å². The lowest BCUT2D eigenvalue weighted by Gasteiger charge is -2.16. The number of pyridine rings is 1. The zero-order chi connectivity index (χ0) is 13.8. The largest absolute Gasteiger partial charge is 0.313 e. The van der Waals surface area contributed by atoms with Gasteiger partial charge in [0.1, 0.15) is 0 Å². The van der Waals surface area contributed by atoms with Gasteiger partial charge in [-0.25, -0.2) is 8.78 Å². The summed E-state index contributed by atoms with van der Waals surface area (Å²) in [5, 5.41) is 3.15. The van der Waals surface area contributed by atoms with Gasteiger partial charge >= 0.3 is 0 Å². The van der Waals surface area contributed by atoms with Crippen LogP contribution in [0.1, 0.15) is 17.2 Å². The highest BCUT2D eigenvalue weighted by Crippen LogP contribution is 2.21. The fourth-order valence-electron chi connectivity index (χ4n) is 1.91. The predicted molar refractivity (Wildman–Crippen MR) is 73.8 cm³/mol. The van der Waals surface area contributed by atoms with Gasteiger partial charge in [-0.1, -0.05) is 6.07 Å². The van der Waals surface area contributed by atoms with E-state index in [4.69, 9.17) is 0 Å². The lowest BCUT2D eigenvalue weighted by atomic mass is 10.0. The maximum Gasteiger partial charge on any atom is 0.159 e. The highest BCUT2D eigenvalue weighted by atomic mass is 79.9. The minimum Gasteiger partial charge on any atom is -0.313 e. The van der Waals surface area contributed by atoms with Crippen LogP contribution in [0.3, 0.4) is 0 Å². The molecule has 0 aliphatic heterocycles. The summed E-state index contributed by atoms with van der Waals surface area (Å²) in [6, 6.07) is 5.92. The first-order valence-electron chi connectivity index (χ1n) is 5.82. The lowest BCUT2D eigenvalue weighted by molar-refractivity contribution is 0.504. The zero-order valence-electron chi connectivity index (χ0n) is 10.3. The Bertz CT molecular complexity index is 575. The normalized spacial score (nSPS) is 12.4. The molecule has 2 rings (SSSR count). The molecule has 1 aromatic heterocycles. The van der Waals surface area contributed by atoms with Gasteiger partial charge in [0.25, 0.3) is 0 Å². The molecule has 1 heterocycles. The average Bonchev–Trinajstić information content (AvgIpc) is 2.40. The first-order valence-corrected chi connectivity index (χ1v) is 6.61. The highest BCUT2D eigenvalue weighted by Gasteiger charge is 2.12. The topological polar surface area (TPSA) is 24.9 Å². The molecule has 2 nitrogen and oxygen atoms in total. The number of hydrogen-bond acceptors (Lipinski definition) is 2. The summed E-state index contributed by atoms with van der Waals surface area (Å²) < 4.78 is 27.0. The SMILES string of the molecule is CNC(Cc1ccc(F)c(F)c1)c1cncc(Br)c1. The van der Waals surface area contributed by atoms with Crippen molar-refractivity contribution in [3.05, 3.63) is 63.9 Å². The minimum absolute atomic E-state index is 0.00476. The Balaban J connectivity index is 2.21.